The molecule has 184 valence electrons. The number of carbonyl (C=O) groups excluding carboxylic acids is 2. The minimum Gasteiger partial charge on any atom is -0.478 e. The molecule has 3 heterocycles. The topological polar surface area (TPSA) is 197 Å². The number of nitrogens with one attached hydrogen (secondary N) is 2. The molecule has 34 heavy (non-hydrogen) atoms. The molecule has 0 spiro atoms. The molecule has 2 atom stereocenters. The van der Waals surface area contributed by atoms with Crippen molar-refractivity contribution in [1.29, 1.82) is 0 Å². The van der Waals surface area contributed by atoms with Crippen LogP contribution in [0.1, 0.15) is 26.5 Å². The van der Waals surface area contributed by atoms with Crippen molar-refractivity contribution in [3.63, 3.8) is 0 Å². The molecule has 0 radical (unpaired) electrons. The van der Waals surface area contributed by atoms with Gasteiger partial charge in [0.15, 0.2) is 10.8 Å². The Bertz CT molecular complexity index is 1080. The number of fused-ring (bicyclic) bond motifs is 1. The highest BCUT2D eigenvalue weighted by Crippen LogP contribution is 2.40. The van der Waals surface area contributed by atoms with Crippen molar-refractivity contribution < 1.29 is 34.2 Å². The van der Waals surface area contributed by atoms with E-state index in [-0.39, 0.29) is 22.2 Å². The first-order chi connectivity index (χ1) is 16.0. The van der Waals surface area contributed by atoms with Crippen LogP contribution in [-0.2, 0) is 24.0 Å². The summed E-state index contributed by atoms with van der Waals surface area (Å²) in [7, 11) is 0. The number of carbonyl (C=O) groups is 4. The average molecular weight is 513 g/mol. The summed E-state index contributed by atoms with van der Waals surface area (Å²) in [5, 5.41) is 29.2. The zero-order valence-corrected chi connectivity index (χ0v) is 20.2. The number of nitrogens with zero attached hydrogens (tertiary/aromatic N) is 3. The number of nitrogens with two attached hydrogens (primary N) is 1. The molecule has 2 aliphatic rings. The lowest BCUT2D eigenvalue weighted by molar-refractivity contribution is -0.161. The van der Waals surface area contributed by atoms with Gasteiger partial charge in [0.25, 0.3) is 11.8 Å². The normalized spacial score (nSPS) is 20.5. The number of carboxylic acid groups (broad SMARTS) is 2. The van der Waals surface area contributed by atoms with Crippen molar-refractivity contribution in [1.82, 2.24) is 20.5 Å². The summed E-state index contributed by atoms with van der Waals surface area (Å²) >= 11 is 2.36. The number of oxime groups is 1. The highest BCUT2D eigenvalue weighted by atomic mass is 32.2. The molecular weight excluding hydrogens is 488 g/mol. The summed E-state index contributed by atoms with van der Waals surface area (Å²) in [5.74, 6) is -3.58. The number of anilines is 1. The van der Waals surface area contributed by atoms with E-state index in [1.807, 2.05) is 6.92 Å². The molecule has 1 fully saturated rings. The minimum atomic E-state index is -1.74. The number of amides is 2. The Labute approximate surface area is 202 Å². The summed E-state index contributed by atoms with van der Waals surface area (Å²) in [4.78, 5) is 59.2. The maximum absolute atomic E-state index is 13.0. The molecule has 2 amide bonds. The Balaban J connectivity index is 1.82. The second-order valence-electron chi connectivity index (χ2n) is 7.82. The number of hydrogen-bond donors (Lipinski definition) is 5. The van der Waals surface area contributed by atoms with Gasteiger partial charge in [-0.05, 0) is 26.0 Å². The molecule has 1 aromatic rings. The zero-order valence-electron chi connectivity index (χ0n) is 18.5. The van der Waals surface area contributed by atoms with Gasteiger partial charge in [0.1, 0.15) is 22.8 Å². The SMILES string of the molecule is CCNCC1=C(C(=O)O)N2C(=O)C(NC(=O)C(=NOC(C)(C)C(=O)O)c3csc(N)n3)[C@@H]2SC1. The summed E-state index contributed by atoms with van der Waals surface area (Å²) in [5.41, 5.74) is 4.07. The van der Waals surface area contributed by atoms with Crippen LogP contribution in [0.2, 0.25) is 0 Å². The Hall–Kier alpha value is -3.17. The molecule has 13 nitrogen and oxygen atoms in total. The first-order valence-electron chi connectivity index (χ1n) is 10.1. The number of aliphatic carboxylic acids is 2. The molecule has 0 aliphatic carbocycles. The lowest BCUT2D eigenvalue weighted by atomic mass is 10.0. The van der Waals surface area contributed by atoms with E-state index in [4.69, 9.17) is 10.6 Å². The number of rotatable bonds is 10. The molecule has 1 aromatic heterocycles. The van der Waals surface area contributed by atoms with E-state index in [2.05, 4.69) is 20.8 Å². The number of nitrogen functional groups attached to an aromatic ring is 1. The molecule has 6 N–H and O–H groups in total. The van der Waals surface area contributed by atoms with Gasteiger partial charge in [0.05, 0.1) is 0 Å². The fraction of sp³-hybridized carbons (Fsp3) is 0.474. The Kier molecular flexibility index (Phi) is 7.48. The van der Waals surface area contributed by atoms with Crippen LogP contribution in [0.15, 0.2) is 21.8 Å². The average Bonchev–Trinajstić information content (AvgIpc) is 3.20. The van der Waals surface area contributed by atoms with E-state index < -0.39 is 40.8 Å². The summed E-state index contributed by atoms with van der Waals surface area (Å²) in [6.07, 6.45) is 0. The molecule has 2 aliphatic heterocycles. The number of carboxylic acids is 2. The van der Waals surface area contributed by atoms with Crippen LogP contribution in [0.3, 0.4) is 0 Å². The molecule has 3 rings (SSSR count). The summed E-state index contributed by atoms with van der Waals surface area (Å²) in [6.45, 7) is 5.36. The predicted molar refractivity (Wildman–Crippen MR) is 124 cm³/mol. The molecular formula is C19H24N6O7S2. The molecule has 1 saturated heterocycles. The van der Waals surface area contributed by atoms with Crippen molar-refractivity contribution in [2.24, 2.45) is 5.16 Å². The molecule has 0 saturated carbocycles. The number of hydrogen-bond acceptors (Lipinski definition) is 11. The highest BCUT2D eigenvalue weighted by molar-refractivity contribution is 8.00. The van der Waals surface area contributed by atoms with Crippen LogP contribution in [0.4, 0.5) is 5.13 Å². The van der Waals surface area contributed by atoms with Gasteiger partial charge in [-0.1, -0.05) is 12.1 Å². The van der Waals surface area contributed by atoms with Crippen molar-refractivity contribution in [3.8, 4) is 0 Å². The lowest BCUT2D eigenvalue weighted by Crippen LogP contribution is -2.71. The van der Waals surface area contributed by atoms with Gasteiger partial charge in [-0.25, -0.2) is 14.6 Å². The summed E-state index contributed by atoms with van der Waals surface area (Å²) < 4.78 is 0. The number of β-lactam (4-membered cyclic amide) rings is 1. The minimum absolute atomic E-state index is 0.0418. The number of aromatic nitrogens is 1. The van der Waals surface area contributed by atoms with E-state index in [0.717, 1.165) is 16.2 Å². The lowest BCUT2D eigenvalue weighted by Gasteiger charge is -2.49. The first kappa shape index (κ1) is 25.5. The Morgan fingerprint density at radius 3 is 2.65 bits per heavy atom. The van der Waals surface area contributed by atoms with Crippen molar-refractivity contribution in [2.45, 2.75) is 37.8 Å². The third-order valence-electron chi connectivity index (χ3n) is 4.98. The van der Waals surface area contributed by atoms with Gasteiger partial charge in [-0.15, -0.1) is 23.1 Å². The van der Waals surface area contributed by atoms with Gasteiger partial charge in [-0.3, -0.25) is 14.5 Å². The predicted octanol–water partition coefficient (Wildman–Crippen LogP) is -0.343. The van der Waals surface area contributed by atoms with Crippen molar-refractivity contribution in [2.75, 3.05) is 24.6 Å². The monoisotopic (exact) mass is 512 g/mol. The van der Waals surface area contributed by atoms with E-state index >= 15 is 0 Å². The van der Waals surface area contributed by atoms with Crippen LogP contribution >= 0.6 is 23.1 Å². The first-order valence-corrected chi connectivity index (χ1v) is 12.0. The highest BCUT2D eigenvalue weighted by Gasteiger charge is 2.54. The van der Waals surface area contributed by atoms with Gasteiger partial charge in [0.2, 0.25) is 5.60 Å². The zero-order chi connectivity index (χ0) is 25.2. The second-order valence-corrected chi connectivity index (χ2v) is 9.81. The quantitative estimate of drug-likeness (QED) is 0.156. The van der Waals surface area contributed by atoms with Crippen LogP contribution in [0.5, 0.6) is 0 Å². The van der Waals surface area contributed by atoms with Gasteiger partial charge >= 0.3 is 11.9 Å². The maximum Gasteiger partial charge on any atom is 0.352 e. The van der Waals surface area contributed by atoms with Crippen molar-refractivity contribution >= 4 is 57.7 Å². The number of thioether (sulfide) groups is 1. The smallest absolute Gasteiger partial charge is 0.352 e. The number of thiazole rings is 1. The van der Waals surface area contributed by atoms with Gasteiger partial charge in [0, 0.05) is 17.7 Å². The molecule has 0 aromatic carbocycles. The van der Waals surface area contributed by atoms with Crippen LogP contribution in [-0.4, -0.2) is 85.4 Å². The second kappa shape index (κ2) is 9.99. The third kappa shape index (κ3) is 5.00. The van der Waals surface area contributed by atoms with E-state index in [1.165, 1.54) is 31.0 Å². The van der Waals surface area contributed by atoms with Crippen molar-refractivity contribution in [3.05, 3.63) is 22.3 Å². The third-order valence-corrected chi connectivity index (χ3v) is 7.00. The van der Waals surface area contributed by atoms with Crippen LogP contribution in [0, 0.1) is 0 Å². The fourth-order valence-corrected chi connectivity index (χ4v) is 5.00. The van der Waals surface area contributed by atoms with Crippen LogP contribution < -0.4 is 16.4 Å². The molecule has 0 bridgehead atoms. The Morgan fingerprint density at radius 1 is 1.38 bits per heavy atom. The largest absolute Gasteiger partial charge is 0.478 e. The van der Waals surface area contributed by atoms with E-state index in [0.29, 0.717) is 24.4 Å². The van der Waals surface area contributed by atoms with Gasteiger partial charge in [-0.2, -0.15) is 0 Å². The Morgan fingerprint density at radius 2 is 2.09 bits per heavy atom. The van der Waals surface area contributed by atoms with Crippen LogP contribution in [0.25, 0.3) is 0 Å². The molecule has 15 heteroatoms. The van der Waals surface area contributed by atoms with E-state index in [1.54, 1.807) is 0 Å². The standard InChI is InChI=1S/C19H24N6O7S2/c1-4-21-5-8-6-33-15-11(14(27)25(15)12(8)16(28)29)23-13(26)10(9-7-34-18(20)22-9)24-32-19(2,3)17(30)31/h7,11,15,21H,4-6H2,1-3H3,(H2,20,22)(H,23,26)(H,28,29)(H,30,31)/t11?,15-/m0/s1. The maximum atomic E-state index is 13.0. The molecule has 1 unspecified atom stereocenters. The summed E-state index contributed by atoms with van der Waals surface area (Å²) in [6, 6.07) is -1.01. The number of likely N-dealkylation sites (N-methyl/N-ethyl adjacent to an activating group) is 1. The van der Waals surface area contributed by atoms with E-state index in [9.17, 15) is 29.4 Å². The fourth-order valence-electron chi connectivity index (χ4n) is 3.10. The van der Waals surface area contributed by atoms with Gasteiger partial charge < -0.3 is 31.4 Å².